The lowest BCUT2D eigenvalue weighted by atomic mass is 9.99. The van der Waals surface area contributed by atoms with Crippen molar-refractivity contribution in [2.45, 2.75) is 13.8 Å². The van der Waals surface area contributed by atoms with E-state index in [0.717, 1.165) is 0 Å². The fourth-order valence-corrected chi connectivity index (χ4v) is 3.09. The number of rotatable bonds is 8. The van der Waals surface area contributed by atoms with Crippen molar-refractivity contribution in [2.75, 3.05) is 18.1 Å². The van der Waals surface area contributed by atoms with E-state index in [1.807, 2.05) is 13.8 Å². The van der Waals surface area contributed by atoms with Gasteiger partial charge in [0.25, 0.3) is 21.9 Å². The van der Waals surface area contributed by atoms with Crippen LogP contribution in [-0.4, -0.2) is 54.5 Å². The Bertz CT molecular complexity index is 1440. The van der Waals surface area contributed by atoms with Gasteiger partial charge in [-0.3, -0.25) is 19.6 Å². The van der Waals surface area contributed by atoms with E-state index in [-0.39, 0.29) is 45.7 Å². The smallest absolute Gasteiger partial charge is 0.336 e. The number of hydrogen-bond acceptors (Lipinski definition) is 7. The van der Waals surface area contributed by atoms with Crippen LogP contribution in [0.5, 0.6) is 0 Å². The second-order valence-electron chi connectivity index (χ2n) is 8.51. The minimum Gasteiger partial charge on any atom is -0.478 e. The van der Waals surface area contributed by atoms with Crippen LogP contribution >= 0.6 is 0 Å². The van der Waals surface area contributed by atoms with Crippen molar-refractivity contribution in [3.05, 3.63) is 77.0 Å². The second kappa shape index (κ2) is 12.7. The Morgan fingerprint density at radius 2 is 1.58 bits per heavy atom. The average Bonchev–Trinajstić information content (AvgIpc) is 3.31. The van der Waals surface area contributed by atoms with E-state index in [2.05, 4.69) is 10.6 Å². The number of nitrogens with two attached hydrogens (primary N) is 1. The molecule has 0 aliphatic heterocycles. The van der Waals surface area contributed by atoms with Crippen molar-refractivity contribution >= 4 is 39.4 Å². The third-order valence-corrected chi connectivity index (χ3v) is 4.79. The zero-order valence-electron chi connectivity index (χ0n) is 20.8. The number of benzene rings is 2. The van der Waals surface area contributed by atoms with Gasteiger partial charge in [-0.05, 0) is 54.4 Å². The molecule has 0 radical (unpaired) electrons. The van der Waals surface area contributed by atoms with E-state index in [9.17, 15) is 27.9 Å². The summed E-state index contributed by atoms with van der Waals surface area (Å²) in [5.41, 5.74) is 6.75. The molecule has 12 nitrogen and oxygen atoms in total. The zero-order valence-corrected chi connectivity index (χ0v) is 21.6. The quantitative estimate of drug-likeness (QED) is 0.139. The second-order valence-corrected chi connectivity index (χ2v) is 9.98. The van der Waals surface area contributed by atoms with Crippen molar-refractivity contribution in [1.82, 2.24) is 5.32 Å². The van der Waals surface area contributed by atoms with Crippen LogP contribution in [0.3, 0.4) is 0 Å². The largest absolute Gasteiger partial charge is 0.478 e. The molecule has 3 aromatic rings. The molecular formula is C25H28N4O8S. The maximum atomic E-state index is 12.8. The summed E-state index contributed by atoms with van der Waals surface area (Å²) >= 11 is 0. The van der Waals surface area contributed by atoms with Gasteiger partial charge in [0.1, 0.15) is 11.6 Å². The molecule has 1 aromatic heterocycles. The molecule has 13 heteroatoms. The van der Waals surface area contributed by atoms with Crippen molar-refractivity contribution in [3.8, 4) is 11.3 Å². The van der Waals surface area contributed by atoms with Crippen LogP contribution in [0.15, 0.2) is 59.2 Å². The van der Waals surface area contributed by atoms with Crippen LogP contribution in [0.2, 0.25) is 0 Å². The standard InChI is InChI=1S/C24H24N4O5.CH4O3S/c1-13(2)12-27-22(29)15-5-8-17(19(11-15)24(31)32)20-18(9-10-33-20)23(30)28-16-6-3-14(4-7-16)21(25)26;1-5(2,3)4/h3-11,13H,12H2,1-2H3,(H3,25,26)(H,27,29)(H,28,30)(H,31,32);1H3,(H,2,3,4). The van der Waals surface area contributed by atoms with E-state index in [1.54, 1.807) is 24.3 Å². The summed E-state index contributed by atoms with van der Waals surface area (Å²) in [6.07, 6.45) is 2.00. The number of amidine groups is 1. The Labute approximate surface area is 219 Å². The molecular weight excluding hydrogens is 516 g/mol. The summed E-state index contributed by atoms with van der Waals surface area (Å²) < 4.78 is 31.3. The highest BCUT2D eigenvalue weighted by Gasteiger charge is 2.23. The van der Waals surface area contributed by atoms with Gasteiger partial charge in [0, 0.05) is 28.9 Å². The van der Waals surface area contributed by atoms with Crippen molar-refractivity contribution in [3.63, 3.8) is 0 Å². The predicted octanol–water partition coefficient (Wildman–Crippen LogP) is 3.07. The Morgan fingerprint density at radius 1 is 1.00 bits per heavy atom. The van der Waals surface area contributed by atoms with Gasteiger partial charge in [-0.1, -0.05) is 13.8 Å². The molecule has 0 aliphatic carbocycles. The van der Waals surface area contributed by atoms with Gasteiger partial charge in [0.2, 0.25) is 0 Å². The van der Waals surface area contributed by atoms with Crippen molar-refractivity contribution in [1.29, 1.82) is 5.41 Å². The molecule has 0 saturated heterocycles. The molecule has 202 valence electrons. The van der Waals surface area contributed by atoms with Crippen LogP contribution in [0.25, 0.3) is 11.3 Å². The Morgan fingerprint density at radius 3 is 2.11 bits per heavy atom. The summed E-state index contributed by atoms with van der Waals surface area (Å²) in [7, 11) is -3.67. The maximum absolute atomic E-state index is 12.8. The van der Waals surface area contributed by atoms with Gasteiger partial charge in [-0.15, -0.1) is 0 Å². The Hall–Kier alpha value is -4.49. The molecule has 0 saturated carbocycles. The van der Waals surface area contributed by atoms with E-state index in [1.165, 1.54) is 30.5 Å². The average molecular weight is 545 g/mol. The van der Waals surface area contributed by atoms with Crippen LogP contribution in [0.4, 0.5) is 5.69 Å². The normalized spacial score (nSPS) is 10.8. The lowest BCUT2D eigenvalue weighted by Crippen LogP contribution is -2.27. The summed E-state index contributed by atoms with van der Waals surface area (Å²) in [6, 6.07) is 12.0. The molecule has 2 aromatic carbocycles. The minimum atomic E-state index is -3.67. The number of anilines is 1. The molecule has 1 heterocycles. The van der Waals surface area contributed by atoms with Gasteiger partial charge >= 0.3 is 5.97 Å². The van der Waals surface area contributed by atoms with Crippen LogP contribution in [-0.2, 0) is 10.1 Å². The molecule has 0 aliphatic rings. The molecule has 7 N–H and O–H groups in total. The number of nitrogen functional groups attached to an aromatic ring is 1. The fourth-order valence-electron chi connectivity index (χ4n) is 3.09. The van der Waals surface area contributed by atoms with E-state index in [4.69, 9.17) is 20.1 Å². The highest BCUT2D eigenvalue weighted by Crippen LogP contribution is 2.30. The third kappa shape index (κ3) is 8.87. The highest BCUT2D eigenvalue weighted by molar-refractivity contribution is 7.85. The number of carboxylic acids is 1. The Balaban J connectivity index is 0.000000926. The lowest BCUT2D eigenvalue weighted by Gasteiger charge is -2.11. The molecule has 0 unspecified atom stereocenters. The van der Waals surface area contributed by atoms with Gasteiger partial charge in [0.15, 0.2) is 0 Å². The molecule has 0 atom stereocenters. The van der Waals surface area contributed by atoms with E-state index in [0.29, 0.717) is 24.1 Å². The number of carboxylic acid groups (broad SMARTS) is 1. The fraction of sp³-hybridized carbons (Fsp3) is 0.200. The molecule has 0 fully saturated rings. The van der Waals surface area contributed by atoms with Gasteiger partial charge in [-0.25, -0.2) is 4.79 Å². The number of carbonyl (C=O) groups is 3. The van der Waals surface area contributed by atoms with Crippen LogP contribution < -0.4 is 16.4 Å². The SMILES string of the molecule is CC(C)CNC(=O)c1ccc(-c2occc2C(=O)Nc2ccc(C(=N)N)cc2)c(C(=O)O)c1.CS(=O)(=O)O. The van der Waals surface area contributed by atoms with Gasteiger partial charge < -0.3 is 25.9 Å². The van der Waals surface area contributed by atoms with E-state index < -0.39 is 22.0 Å². The topological polar surface area (TPSA) is 213 Å². The van der Waals surface area contributed by atoms with E-state index >= 15 is 0 Å². The summed E-state index contributed by atoms with van der Waals surface area (Å²) in [6.45, 7) is 4.36. The number of nitrogens with one attached hydrogen (secondary N) is 3. The molecule has 2 amide bonds. The molecule has 3 rings (SSSR count). The van der Waals surface area contributed by atoms with Crippen LogP contribution in [0.1, 0.15) is 50.5 Å². The number of carbonyl (C=O) groups excluding carboxylic acids is 2. The van der Waals surface area contributed by atoms with Crippen molar-refractivity contribution < 1.29 is 36.9 Å². The van der Waals surface area contributed by atoms with Crippen molar-refractivity contribution in [2.24, 2.45) is 11.7 Å². The molecule has 38 heavy (non-hydrogen) atoms. The predicted molar refractivity (Wildman–Crippen MR) is 141 cm³/mol. The zero-order chi connectivity index (χ0) is 28.6. The number of hydrogen-bond donors (Lipinski definition) is 6. The highest BCUT2D eigenvalue weighted by atomic mass is 32.2. The number of furan rings is 1. The lowest BCUT2D eigenvalue weighted by molar-refractivity contribution is 0.0697. The van der Waals surface area contributed by atoms with Crippen LogP contribution in [0, 0.1) is 11.3 Å². The first-order valence-electron chi connectivity index (χ1n) is 11.1. The Kier molecular flexibility index (Phi) is 9.90. The monoisotopic (exact) mass is 544 g/mol. The summed E-state index contributed by atoms with van der Waals surface area (Å²) in [5.74, 6) is -1.93. The first kappa shape index (κ1) is 29.7. The van der Waals surface area contributed by atoms with Gasteiger partial charge in [0.05, 0.1) is 23.6 Å². The molecule has 0 bridgehead atoms. The first-order chi connectivity index (χ1) is 17.7. The molecule has 0 spiro atoms. The number of amides is 2. The summed E-state index contributed by atoms with van der Waals surface area (Å²) in [4.78, 5) is 37.1. The third-order valence-electron chi connectivity index (χ3n) is 4.79. The minimum absolute atomic E-state index is 0.0689. The maximum Gasteiger partial charge on any atom is 0.336 e. The first-order valence-corrected chi connectivity index (χ1v) is 12.9. The summed E-state index contributed by atoms with van der Waals surface area (Å²) in [5, 5.41) is 22.6. The van der Waals surface area contributed by atoms with Gasteiger partial charge in [-0.2, -0.15) is 8.42 Å². The number of aromatic carboxylic acids is 1.